The number of aryl methyl sites for hydroxylation is 1. The second kappa shape index (κ2) is 4.87. The number of nitrogens with zero attached hydrogens (tertiary/aromatic N) is 1. The molecule has 2 aliphatic rings. The highest BCUT2D eigenvalue weighted by Crippen LogP contribution is 2.49. The van der Waals surface area contributed by atoms with E-state index in [0.717, 1.165) is 43.7 Å². The van der Waals surface area contributed by atoms with Crippen LogP contribution in [0, 0.1) is 11.3 Å². The number of aromatic nitrogens is 1. The van der Waals surface area contributed by atoms with Crippen molar-refractivity contribution in [3.05, 3.63) is 18.0 Å². The van der Waals surface area contributed by atoms with Crippen molar-refractivity contribution in [3.8, 4) is 0 Å². The van der Waals surface area contributed by atoms with E-state index in [2.05, 4.69) is 5.16 Å². The van der Waals surface area contributed by atoms with Crippen LogP contribution in [0.3, 0.4) is 0 Å². The zero-order chi connectivity index (χ0) is 12.4. The van der Waals surface area contributed by atoms with Gasteiger partial charge in [0.25, 0.3) is 0 Å². The van der Waals surface area contributed by atoms with E-state index in [9.17, 15) is 4.79 Å². The standard InChI is InChI=1S/C15H21NO2/c17-14-4-8-15(9-5-14,11-12-1-2-12)7-3-13-6-10-18-16-13/h6,10,12H,1-5,7-9,11H2. The molecule has 0 atom stereocenters. The Balaban J connectivity index is 1.62. The minimum atomic E-state index is 0.411. The monoisotopic (exact) mass is 247 g/mol. The fourth-order valence-corrected chi connectivity index (χ4v) is 3.31. The molecule has 1 aromatic rings. The van der Waals surface area contributed by atoms with Gasteiger partial charge in [0, 0.05) is 18.9 Å². The molecule has 0 N–H and O–H groups in total. The Hall–Kier alpha value is -1.12. The normalized spacial score (nSPS) is 23.2. The van der Waals surface area contributed by atoms with Crippen molar-refractivity contribution < 1.29 is 9.32 Å². The minimum absolute atomic E-state index is 0.411. The van der Waals surface area contributed by atoms with Gasteiger partial charge in [0.05, 0.1) is 5.69 Å². The molecule has 0 aromatic carbocycles. The third kappa shape index (κ3) is 2.82. The Labute approximate surface area is 108 Å². The largest absolute Gasteiger partial charge is 0.365 e. The van der Waals surface area contributed by atoms with E-state index in [1.165, 1.54) is 25.7 Å². The van der Waals surface area contributed by atoms with E-state index >= 15 is 0 Å². The maximum absolute atomic E-state index is 11.5. The SMILES string of the molecule is O=C1CCC(CCc2ccon2)(CC2CC2)CC1. The second-order valence-electron chi connectivity index (χ2n) is 6.18. The zero-order valence-electron chi connectivity index (χ0n) is 10.9. The summed E-state index contributed by atoms with van der Waals surface area (Å²) in [5.41, 5.74) is 1.47. The molecule has 0 amide bonds. The molecule has 0 bridgehead atoms. The topological polar surface area (TPSA) is 43.1 Å². The van der Waals surface area contributed by atoms with E-state index in [-0.39, 0.29) is 0 Å². The molecule has 0 radical (unpaired) electrons. The number of carbonyl (C=O) groups excluding carboxylic acids is 1. The van der Waals surface area contributed by atoms with Gasteiger partial charge in [-0.15, -0.1) is 0 Å². The second-order valence-corrected chi connectivity index (χ2v) is 6.18. The molecule has 1 aromatic heterocycles. The van der Waals surface area contributed by atoms with Crippen LogP contribution >= 0.6 is 0 Å². The zero-order valence-corrected chi connectivity index (χ0v) is 10.9. The van der Waals surface area contributed by atoms with Gasteiger partial charge in [-0.25, -0.2) is 0 Å². The molecule has 0 aliphatic heterocycles. The molecule has 0 saturated heterocycles. The van der Waals surface area contributed by atoms with Crippen molar-refractivity contribution in [1.82, 2.24) is 5.16 Å². The van der Waals surface area contributed by atoms with Gasteiger partial charge in [-0.3, -0.25) is 4.79 Å². The Morgan fingerprint density at radius 3 is 2.72 bits per heavy atom. The highest BCUT2D eigenvalue weighted by atomic mass is 16.5. The summed E-state index contributed by atoms with van der Waals surface area (Å²) in [4.78, 5) is 11.5. The van der Waals surface area contributed by atoms with E-state index in [1.807, 2.05) is 6.07 Å². The summed E-state index contributed by atoms with van der Waals surface area (Å²) in [7, 11) is 0. The number of ketones is 1. The van der Waals surface area contributed by atoms with Gasteiger partial charge < -0.3 is 4.52 Å². The first-order chi connectivity index (χ1) is 8.76. The van der Waals surface area contributed by atoms with Crippen molar-refractivity contribution in [2.24, 2.45) is 11.3 Å². The lowest BCUT2D eigenvalue weighted by molar-refractivity contribution is -0.122. The Morgan fingerprint density at radius 1 is 1.33 bits per heavy atom. The van der Waals surface area contributed by atoms with Crippen LogP contribution in [0.2, 0.25) is 0 Å². The quantitative estimate of drug-likeness (QED) is 0.799. The molecular formula is C15H21NO2. The molecule has 2 fully saturated rings. The maximum Gasteiger partial charge on any atom is 0.132 e. The third-order valence-corrected chi connectivity index (χ3v) is 4.69. The lowest BCUT2D eigenvalue weighted by Crippen LogP contribution is -2.29. The van der Waals surface area contributed by atoms with E-state index < -0.39 is 0 Å². The molecule has 3 nitrogen and oxygen atoms in total. The maximum atomic E-state index is 11.5. The van der Waals surface area contributed by atoms with Crippen LogP contribution in [-0.4, -0.2) is 10.9 Å². The molecule has 3 rings (SSSR count). The summed E-state index contributed by atoms with van der Waals surface area (Å²) >= 11 is 0. The lowest BCUT2D eigenvalue weighted by Gasteiger charge is -2.37. The number of hydrogen-bond donors (Lipinski definition) is 0. The first-order valence-corrected chi connectivity index (χ1v) is 7.17. The molecule has 0 spiro atoms. The van der Waals surface area contributed by atoms with Crippen LogP contribution < -0.4 is 0 Å². The predicted molar refractivity (Wildman–Crippen MR) is 68.1 cm³/mol. The van der Waals surface area contributed by atoms with Crippen LogP contribution in [0.5, 0.6) is 0 Å². The predicted octanol–water partition coefficient (Wildman–Crippen LogP) is 3.54. The van der Waals surface area contributed by atoms with Crippen LogP contribution in [0.15, 0.2) is 16.9 Å². The number of rotatable bonds is 5. The number of hydrogen-bond acceptors (Lipinski definition) is 3. The first kappa shape index (κ1) is 11.9. The smallest absolute Gasteiger partial charge is 0.132 e. The summed E-state index contributed by atoms with van der Waals surface area (Å²) in [6.45, 7) is 0. The van der Waals surface area contributed by atoms with Crippen molar-refractivity contribution >= 4 is 5.78 Å². The van der Waals surface area contributed by atoms with Gasteiger partial charge in [0.2, 0.25) is 0 Å². The summed E-state index contributed by atoms with van der Waals surface area (Å²) in [5.74, 6) is 1.40. The highest BCUT2D eigenvalue weighted by Gasteiger charge is 2.39. The van der Waals surface area contributed by atoms with Crippen LogP contribution in [0.4, 0.5) is 0 Å². The van der Waals surface area contributed by atoms with Crippen molar-refractivity contribution in [3.63, 3.8) is 0 Å². The van der Waals surface area contributed by atoms with E-state index in [4.69, 9.17) is 4.52 Å². The van der Waals surface area contributed by atoms with Gasteiger partial charge in [0.15, 0.2) is 0 Å². The van der Waals surface area contributed by atoms with Crippen LogP contribution in [0.25, 0.3) is 0 Å². The molecule has 98 valence electrons. The van der Waals surface area contributed by atoms with Gasteiger partial charge >= 0.3 is 0 Å². The molecule has 3 heteroatoms. The van der Waals surface area contributed by atoms with Gasteiger partial charge in [-0.1, -0.05) is 18.0 Å². The Bertz CT molecular complexity index is 396. The summed E-state index contributed by atoms with van der Waals surface area (Å²) in [6.07, 6.45) is 11.7. The van der Waals surface area contributed by atoms with Crippen molar-refractivity contribution in [2.45, 2.75) is 57.8 Å². The highest BCUT2D eigenvalue weighted by molar-refractivity contribution is 5.79. The van der Waals surface area contributed by atoms with Crippen molar-refractivity contribution in [2.75, 3.05) is 0 Å². The van der Waals surface area contributed by atoms with E-state index in [1.54, 1.807) is 6.26 Å². The van der Waals surface area contributed by atoms with Gasteiger partial charge in [-0.05, 0) is 43.4 Å². The Morgan fingerprint density at radius 2 is 2.11 bits per heavy atom. The fraction of sp³-hybridized carbons (Fsp3) is 0.733. The van der Waals surface area contributed by atoms with Gasteiger partial charge in [0.1, 0.15) is 12.0 Å². The van der Waals surface area contributed by atoms with Crippen molar-refractivity contribution in [1.29, 1.82) is 0 Å². The van der Waals surface area contributed by atoms with Gasteiger partial charge in [-0.2, -0.15) is 0 Å². The summed E-state index contributed by atoms with van der Waals surface area (Å²) in [5, 5.41) is 4.00. The van der Waals surface area contributed by atoms with Crippen LogP contribution in [-0.2, 0) is 11.2 Å². The van der Waals surface area contributed by atoms with E-state index in [0.29, 0.717) is 11.2 Å². The van der Waals surface area contributed by atoms with Crippen LogP contribution in [0.1, 0.15) is 57.1 Å². The molecule has 0 unspecified atom stereocenters. The number of carbonyl (C=O) groups is 1. The Kier molecular flexibility index (Phi) is 3.23. The fourth-order valence-electron chi connectivity index (χ4n) is 3.31. The molecular weight excluding hydrogens is 226 g/mol. The average Bonchev–Trinajstić information content (AvgIpc) is 3.03. The minimum Gasteiger partial charge on any atom is -0.365 e. The molecule has 2 saturated carbocycles. The molecule has 2 aliphatic carbocycles. The summed E-state index contributed by atoms with van der Waals surface area (Å²) in [6, 6.07) is 1.96. The lowest BCUT2D eigenvalue weighted by atomic mass is 9.67. The number of Topliss-reactive ketones (excluding diaryl/α,β-unsaturated/α-hetero) is 1. The summed E-state index contributed by atoms with van der Waals surface area (Å²) < 4.78 is 4.89. The first-order valence-electron chi connectivity index (χ1n) is 7.17. The molecule has 18 heavy (non-hydrogen) atoms. The third-order valence-electron chi connectivity index (χ3n) is 4.69. The molecule has 1 heterocycles. The average molecular weight is 247 g/mol.